The molecule has 1 aliphatic rings. The zero-order valence-electron chi connectivity index (χ0n) is 14.4. The van der Waals surface area contributed by atoms with Crippen LogP contribution in [0, 0.1) is 23.2 Å². The number of amides is 1. The predicted octanol–water partition coefficient (Wildman–Crippen LogP) is 4.29. The van der Waals surface area contributed by atoms with Crippen LogP contribution in [0.4, 0.5) is 0 Å². The van der Waals surface area contributed by atoms with Crippen LogP contribution in [0.25, 0.3) is 0 Å². The van der Waals surface area contributed by atoms with Crippen molar-refractivity contribution < 1.29 is 4.79 Å². The van der Waals surface area contributed by atoms with E-state index in [1.807, 2.05) is 14.1 Å². The van der Waals surface area contributed by atoms with Crippen LogP contribution >= 0.6 is 0 Å². The Bertz CT molecular complexity index is 401. The lowest BCUT2D eigenvalue weighted by Gasteiger charge is -2.39. The van der Waals surface area contributed by atoms with Crippen LogP contribution < -0.4 is 0 Å². The van der Waals surface area contributed by atoms with Crippen LogP contribution in [-0.2, 0) is 4.79 Å². The Labute approximate surface area is 124 Å². The average molecular weight is 277 g/mol. The van der Waals surface area contributed by atoms with Crippen molar-refractivity contribution in [2.45, 2.75) is 48.0 Å². The Morgan fingerprint density at radius 3 is 1.65 bits per heavy atom. The maximum Gasteiger partial charge on any atom is 0.236 e. The van der Waals surface area contributed by atoms with Gasteiger partial charge in [0, 0.05) is 14.1 Å². The first-order valence-corrected chi connectivity index (χ1v) is 7.76. The fourth-order valence-corrected chi connectivity index (χ4v) is 2.83. The summed E-state index contributed by atoms with van der Waals surface area (Å²) in [5, 5.41) is 0. The molecule has 0 saturated carbocycles. The van der Waals surface area contributed by atoms with Gasteiger partial charge in [-0.05, 0) is 24.2 Å². The second-order valence-electron chi connectivity index (χ2n) is 7.21. The van der Waals surface area contributed by atoms with Gasteiger partial charge < -0.3 is 4.90 Å². The van der Waals surface area contributed by atoms with E-state index in [1.54, 1.807) is 4.90 Å². The molecule has 1 rings (SSSR count). The van der Waals surface area contributed by atoms with Gasteiger partial charge in [-0.2, -0.15) is 0 Å². The van der Waals surface area contributed by atoms with Crippen molar-refractivity contribution in [3.05, 3.63) is 23.3 Å². The van der Waals surface area contributed by atoms with Gasteiger partial charge in [0.25, 0.3) is 0 Å². The third kappa shape index (κ3) is 3.16. The first kappa shape index (κ1) is 17.0. The molecule has 0 aromatic heterocycles. The van der Waals surface area contributed by atoms with Gasteiger partial charge in [0.05, 0.1) is 5.41 Å². The summed E-state index contributed by atoms with van der Waals surface area (Å²) >= 11 is 0. The summed E-state index contributed by atoms with van der Waals surface area (Å²) in [5.41, 5.74) is 2.33. The van der Waals surface area contributed by atoms with E-state index in [4.69, 9.17) is 0 Å². The maximum atomic E-state index is 12.8. The largest absolute Gasteiger partial charge is 0.348 e. The van der Waals surface area contributed by atoms with E-state index < -0.39 is 5.41 Å². The Morgan fingerprint density at radius 2 is 1.40 bits per heavy atom. The third-order valence-electron chi connectivity index (χ3n) is 4.47. The molecule has 2 nitrogen and oxygen atoms in total. The van der Waals surface area contributed by atoms with Crippen LogP contribution in [0.15, 0.2) is 23.3 Å². The molecule has 0 N–H and O–H groups in total. The normalized spacial score (nSPS) is 18.4. The topological polar surface area (TPSA) is 20.3 Å². The van der Waals surface area contributed by atoms with E-state index in [0.29, 0.717) is 11.8 Å². The molecule has 1 aliphatic carbocycles. The molecule has 1 amide bonds. The molecule has 0 aromatic carbocycles. The first-order valence-electron chi connectivity index (χ1n) is 7.76. The van der Waals surface area contributed by atoms with Crippen LogP contribution in [0.2, 0.25) is 0 Å². The molecule has 0 radical (unpaired) electrons. The molecule has 0 spiro atoms. The highest BCUT2D eigenvalue weighted by Gasteiger charge is 2.41. The Hall–Kier alpha value is -1.05. The van der Waals surface area contributed by atoms with Crippen molar-refractivity contribution >= 4 is 5.91 Å². The highest BCUT2D eigenvalue weighted by atomic mass is 16.2. The predicted molar refractivity (Wildman–Crippen MR) is 86.4 cm³/mol. The van der Waals surface area contributed by atoms with E-state index >= 15 is 0 Å². The number of carbonyl (C=O) groups excluding carboxylic acids is 1. The quantitative estimate of drug-likeness (QED) is 0.702. The molecule has 0 aromatic rings. The fourth-order valence-electron chi connectivity index (χ4n) is 2.83. The molecule has 0 saturated heterocycles. The van der Waals surface area contributed by atoms with Gasteiger partial charge >= 0.3 is 0 Å². The van der Waals surface area contributed by atoms with Crippen LogP contribution in [0.3, 0.4) is 0 Å². The molecule has 0 atom stereocenters. The van der Waals surface area contributed by atoms with E-state index in [-0.39, 0.29) is 11.8 Å². The molecule has 0 heterocycles. The highest BCUT2D eigenvalue weighted by Crippen LogP contribution is 2.43. The first-order chi connectivity index (χ1) is 9.11. The van der Waals surface area contributed by atoms with Crippen molar-refractivity contribution in [2.75, 3.05) is 14.1 Å². The number of allylic oxidation sites excluding steroid dienone is 2. The smallest absolute Gasteiger partial charge is 0.236 e. The van der Waals surface area contributed by atoms with Crippen molar-refractivity contribution in [1.29, 1.82) is 0 Å². The Balaban J connectivity index is 3.44. The molecule has 2 heteroatoms. The van der Waals surface area contributed by atoms with E-state index in [1.165, 1.54) is 11.1 Å². The van der Waals surface area contributed by atoms with E-state index in [0.717, 1.165) is 6.42 Å². The summed E-state index contributed by atoms with van der Waals surface area (Å²) in [4.78, 5) is 14.6. The second-order valence-corrected chi connectivity index (χ2v) is 7.21. The van der Waals surface area contributed by atoms with Crippen molar-refractivity contribution in [3.8, 4) is 0 Å². The lowest BCUT2D eigenvalue weighted by molar-refractivity contribution is -0.136. The Morgan fingerprint density at radius 1 is 1.00 bits per heavy atom. The maximum absolute atomic E-state index is 12.8. The molecule has 0 aliphatic heterocycles. The molecule has 114 valence electrons. The molecular formula is C18H31NO. The van der Waals surface area contributed by atoms with Crippen molar-refractivity contribution in [3.63, 3.8) is 0 Å². The van der Waals surface area contributed by atoms with Crippen LogP contribution in [0.1, 0.15) is 48.0 Å². The Kier molecular flexibility index (Phi) is 5.23. The lowest BCUT2D eigenvalue weighted by Crippen LogP contribution is -2.43. The summed E-state index contributed by atoms with van der Waals surface area (Å²) in [7, 11) is 3.71. The van der Waals surface area contributed by atoms with Crippen molar-refractivity contribution in [2.24, 2.45) is 23.2 Å². The van der Waals surface area contributed by atoms with E-state index in [9.17, 15) is 4.79 Å². The molecule has 20 heavy (non-hydrogen) atoms. The number of rotatable bonds is 4. The SMILES string of the molecule is CC(C)C1=CC(C(=O)N(C)C)(C(C)C)C=C(C(C)C)C1. The summed E-state index contributed by atoms with van der Waals surface area (Å²) in [5.74, 6) is 1.44. The zero-order chi connectivity index (χ0) is 15.7. The third-order valence-corrected chi connectivity index (χ3v) is 4.47. The lowest BCUT2D eigenvalue weighted by atomic mass is 9.67. The minimum Gasteiger partial charge on any atom is -0.348 e. The van der Waals surface area contributed by atoms with Crippen LogP contribution in [0.5, 0.6) is 0 Å². The van der Waals surface area contributed by atoms with Crippen molar-refractivity contribution in [1.82, 2.24) is 4.90 Å². The highest BCUT2D eigenvalue weighted by molar-refractivity contribution is 5.87. The summed E-state index contributed by atoms with van der Waals surface area (Å²) in [6.45, 7) is 13.2. The molecule has 0 fully saturated rings. The number of hydrogen-bond donors (Lipinski definition) is 0. The monoisotopic (exact) mass is 277 g/mol. The molecule has 0 unspecified atom stereocenters. The fraction of sp³-hybridized carbons (Fsp3) is 0.722. The molecular weight excluding hydrogens is 246 g/mol. The van der Waals surface area contributed by atoms with Gasteiger partial charge in [0.2, 0.25) is 5.91 Å². The number of carbonyl (C=O) groups is 1. The zero-order valence-corrected chi connectivity index (χ0v) is 14.4. The van der Waals surface area contributed by atoms with Gasteiger partial charge in [-0.1, -0.05) is 64.8 Å². The van der Waals surface area contributed by atoms with E-state index in [2.05, 4.69) is 53.7 Å². The summed E-state index contributed by atoms with van der Waals surface area (Å²) in [6.07, 6.45) is 5.51. The van der Waals surface area contributed by atoms with Crippen LogP contribution in [-0.4, -0.2) is 24.9 Å². The van der Waals surface area contributed by atoms with Gasteiger partial charge in [-0.25, -0.2) is 0 Å². The molecule has 0 bridgehead atoms. The van der Waals surface area contributed by atoms with Gasteiger partial charge in [0.15, 0.2) is 0 Å². The van der Waals surface area contributed by atoms with Gasteiger partial charge in [0.1, 0.15) is 0 Å². The minimum atomic E-state index is -0.471. The average Bonchev–Trinajstić information content (AvgIpc) is 2.36. The van der Waals surface area contributed by atoms with Gasteiger partial charge in [-0.15, -0.1) is 0 Å². The minimum absolute atomic E-state index is 0.198. The number of nitrogens with zero attached hydrogens (tertiary/aromatic N) is 1. The summed E-state index contributed by atoms with van der Waals surface area (Å²) < 4.78 is 0. The summed E-state index contributed by atoms with van der Waals surface area (Å²) in [6, 6.07) is 0. The number of hydrogen-bond acceptors (Lipinski definition) is 1. The van der Waals surface area contributed by atoms with Gasteiger partial charge in [-0.3, -0.25) is 4.79 Å². The second kappa shape index (κ2) is 6.15. The standard InChI is InChI=1S/C18H31NO/c1-12(2)15-9-16(13(3)4)11-18(10-15,14(5)6)17(20)19(7)8/h10-14H,9H2,1-8H3.